The summed E-state index contributed by atoms with van der Waals surface area (Å²) in [7, 11) is 0. The van der Waals surface area contributed by atoms with E-state index in [1.54, 1.807) is 24.3 Å². The highest BCUT2D eigenvalue weighted by atomic mass is 19.1. The SMILES string of the molecule is O=C(O)c1cn(Cc2ccc3[nH]c(=O)[nH]c3c2)c2cccc(F)c2c1=O. The number of pyridine rings is 1. The van der Waals surface area contributed by atoms with Gasteiger partial charge in [0.15, 0.2) is 0 Å². The maximum absolute atomic E-state index is 14.2. The maximum atomic E-state index is 14.2. The van der Waals surface area contributed by atoms with Crippen molar-refractivity contribution in [2.24, 2.45) is 0 Å². The zero-order chi connectivity index (χ0) is 18.4. The van der Waals surface area contributed by atoms with Crippen LogP contribution in [-0.2, 0) is 6.54 Å². The fraction of sp³-hybridized carbons (Fsp3) is 0.0556. The minimum absolute atomic E-state index is 0.198. The van der Waals surface area contributed by atoms with Gasteiger partial charge in [-0.25, -0.2) is 14.0 Å². The largest absolute Gasteiger partial charge is 0.477 e. The zero-order valence-corrected chi connectivity index (χ0v) is 13.2. The summed E-state index contributed by atoms with van der Waals surface area (Å²) in [5.74, 6) is -2.19. The molecule has 3 N–H and O–H groups in total. The third kappa shape index (κ3) is 2.48. The lowest BCUT2D eigenvalue weighted by Crippen LogP contribution is -2.20. The summed E-state index contributed by atoms with van der Waals surface area (Å²) in [5, 5.41) is 9.01. The molecule has 8 heteroatoms. The van der Waals surface area contributed by atoms with E-state index >= 15 is 0 Å². The molecule has 7 nitrogen and oxygen atoms in total. The summed E-state index contributed by atoms with van der Waals surface area (Å²) in [6.45, 7) is 0.198. The molecular formula is C18H12FN3O4. The lowest BCUT2D eigenvalue weighted by Gasteiger charge is -2.13. The van der Waals surface area contributed by atoms with Gasteiger partial charge in [-0.05, 0) is 29.8 Å². The van der Waals surface area contributed by atoms with Crippen LogP contribution in [0.4, 0.5) is 4.39 Å². The number of hydrogen-bond acceptors (Lipinski definition) is 3. The summed E-state index contributed by atoms with van der Waals surface area (Å²) in [6, 6.07) is 9.35. The summed E-state index contributed by atoms with van der Waals surface area (Å²) in [5.41, 5.74) is 0.594. The van der Waals surface area contributed by atoms with Gasteiger partial charge >= 0.3 is 11.7 Å². The molecule has 2 aromatic carbocycles. The van der Waals surface area contributed by atoms with Crippen LogP contribution in [0.15, 0.2) is 52.2 Å². The van der Waals surface area contributed by atoms with Crippen molar-refractivity contribution in [1.29, 1.82) is 0 Å². The van der Waals surface area contributed by atoms with E-state index in [0.29, 0.717) is 16.6 Å². The molecule has 2 aromatic heterocycles. The number of halogens is 1. The van der Waals surface area contributed by atoms with E-state index in [2.05, 4.69) is 9.97 Å². The minimum Gasteiger partial charge on any atom is -0.477 e. The number of rotatable bonds is 3. The Morgan fingerprint density at radius 2 is 1.88 bits per heavy atom. The number of benzene rings is 2. The van der Waals surface area contributed by atoms with Crippen LogP contribution in [0.2, 0.25) is 0 Å². The summed E-state index contributed by atoms with van der Waals surface area (Å²) < 4.78 is 15.7. The van der Waals surface area contributed by atoms with Crippen LogP contribution in [0.1, 0.15) is 15.9 Å². The van der Waals surface area contributed by atoms with Gasteiger partial charge in [-0.1, -0.05) is 12.1 Å². The molecule has 130 valence electrons. The van der Waals surface area contributed by atoms with E-state index in [9.17, 15) is 23.9 Å². The first-order valence-corrected chi connectivity index (χ1v) is 7.70. The molecule has 0 amide bonds. The Morgan fingerprint density at radius 3 is 2.65 bits per heavy atom. The van der Waals surface area contributed by atoms with Crippen LogP contribution in [0.25, 0.3) is 21.9 Å². The number of imidazole rings is 1. The Balaban J connectivity index is 1.93. The Morgan fingerprint density at radius 1 is 1.12 bits per heavy atom. The van der Waals surface area contributed by atoms with Gasteiger partial charge in [0, 0.05) is 12.7 Å². The van der Waals surface area contributed by atoms with Crippen LogP contribution in [0, 0.1) is 5.82 Å². The predicted molar refractivity (Wildman–Crippen MR) is 93.1 cm³/mol. The van der Waals surface area contributed by atoms with Gasteiger partial charge in [0.25, 0.3) is 0 Å². The number of nitrogens with one attached hydrogen (secondary N) is 2. The highest BCUT2D eigenvalue weighted by Gasteiger charge is 2.17. The van der Waals surface area contributed by atoms with Gasteiger partial charge in [-0.2, -0.15) is 0 Å². The Labute approximate surface area is 144 Å². The number of hydrogen-bond donors (Lipinski definition) is 3. The van der Waals surface area contributed by atoms with Crippen molar-refractivity contribution < 1.29 is 14.3 Å². The normalized spacial score (nSPS) is 11.3. The number of carbonyl (C=O) groups is 1. The fourth-order valence-corrected chi connectivity index (χ4v) is 3.05. The smallest absolute Gasteiger partial charge is 0.341 e. The molecule has 0 radical (unpaired) electrons. The molecular weight excluding hydrogens is 341 g/mol. The van der Waals surface area contributed by atoms with Crippen molar-refractivity contribution in [3.8, 4) is 0 Å². The number of aromatic carboxylic acids is 1. The molecule has 4 aromatic rings. The molecule has 26 heavy (non-hydrogen) atoms. The number of fused-ring (bicyclic) bond motifs is 2. The van der Waals surface area contributed by atoms with Crippen molar-refractivity contribution in [3.63, 3.8) is 0 Å². The van der Waals surface area contributed by atoms with Crippen LogP contribution >= 0.6 is 0 Å². The monoisotopic (exact) mass is 353 g/mol. The topological polar surface area (TPSA) is 108 Å². The van der Waals surface area contributed by atoms with Gasteiger partial charge in [-0.15, -0.1) is 0 Å². The van der Waals surface area contributed by atoms with Crippen LogP contribution in [0.5, 0.6) is 0 Å². The molecule has 0 saturated carbocycles. The van der Waals surface area contributed by atoms with E-state index in [1.807, 2.05) is 0 Å². The molecule has 2 heterocycles. The van der Waals surface area contributed by atoms with E-state index in [-0.39, 0.29) is 17.6 Å². The lowest BCUT2D eigenvalue weighted by atomic mass is 10.1. The number of aromatic nitrogens is 3. The molecule has 0 bridgehead atoms. The van der Waals surface area contributed by atoms with E-state index in [1.165, 1.54) is 16.8 Å². The Kier molecular flexibility index (Phi) is 3.47. The molecule has 0 aliphatic carbocycles. The minimum atomic E-state index is -1.42. The van der Waals surface area contributed by atoms with E-state index in [0.717, 1.165) is 11.6 Å². The van der Waals surface area contributed by atoms with Gasteiger partial charge in [0.1, 0.15) is 11.4 Å². The Hall–Kier alpha value is -3.68. The Bertz CT molecular complexity index is 1300. The number of carboxylic acid groups (broad SMARTS) is 1. The standard InChI is InChI=1S/C18H12FN3O4/c19-11-2-1-3-14-15(11)16(23)10(17(24)25)8-22(14)7-9-4-5-12-13(6-9)21-18(26)20-12/h1-6,8H,7H2,(H,24,25)(H2,20,21,26). The van der Waals surface area contributed by atoms with Gasteiger partial charge < -0.3 is 19.6 Å². The van der Waals surface area contributed by atoms with Crippen molar-refractivity contribution >= 4 is 27.9 Å². The second-order valence-electron chi connectivity index (χ2n) is 5.90. The first-order valence-electron chi connectivity index (χ1n) is 7.70. The molecule has 0 atom stereocenters. The lowest BCUT2D eigenvalue weighted by molar-refractivity contribution is 0.0695. The highest BCUT2D eigenvalue weighted by molar-refractivity contribution is 5.92. The number of aromatic amines is 2. The van der Waals surface area contributed by atoms with Gasteiger partial charge in [0.2, 0.25) is 5.43 Å². The first-order chi connectivity index (χ1) is 12.4. The summed E-state index contributed by atoms with van der Waals surface area (Å²) in [4.78, 5) is 40.3. The van der Waals surface area contributed by atoms with Crippen molar-refractivity contribution in [2.75, 3.05) is 0 Å². The van der Waals surface area contributed by atoms with Crippen molar-refractivity contribution in [2.45, 2.75) is 6.54 Å². The average Bonchev–Trinajstić information content (AvgIpc) is 2.96. The fourth-order valence-electron chi connectivity index (χ4n) is 3.05. The second-order valence-corrected chi connectivity index (χ2v) is 5.90. The second kappa shape index (κ2) is 5.69. The van der Waals surface area contributed by atoms with Crippen LogP contribution in [-0.4, -0.2) is 25.6 Å². The number of nitrogens with zero attached hydrogens (tertiary/aromatic N) is 1. The third-order valence-corrected chi connectivity index (χ3v) is 4.22. The van der Waals surface area contributed by atoms with Crippen LogP contribution < -0.4 is 11.1 Å². The first kappa shape index (κ1) is 15.8. The highest BCUT2D eigenvalue weighted by Crippen LogP contribution is 2.18. The average molecular weight is 353 g/mol. The van der Waals surface area contributed by atoms with Gasteiger partial charge in [-0.3, -0.25) is 4.79 Å². The van der Waals surface area contributed by atoms with Crippen LogP contribution in [0.3, 0.4) is 0 Å². The number of H-pyrrole nitrogens is 2. The quantitative estimate of drug-likeness (QED) is 0.524. The molecule has 0 saturated heterocycles. The van der Waals surface area contributed by atoms with Crippen molar-refractivity contribution in [1.82, 2.24) is 14.5 Å². The van der Waals surface area contributed by atoms with Crippen molar-refractivity contribution in [3.05, 3.63) is 80.2 Å². The summed E-state index contributed by atoms with van der Waals surface area (Å²) >= 11 is 0. The molecule has 0 fully saturated rings. The predicted octanol–water partition coefficient (Wildman–Crippen LogP) is 2.06. The molecule has 0 spiro atoms. The summed E-state index contributed by atoms with van der Waals surface area (Å²) in [6.07, 6.45) is 1.20. The molecule has 4 rings (SSSR count). The third-order valence-electron chi connectivity index (χ3n) is 4.22. The van der Waals surface area contributed by atoms with Gasteiger partial charge in [0.05, 0.1) is 21.9 Å². The van der Waals surface area contributed by atoms with E-state index in [4.69, 9.17) is 0 Å². The number of carboxylic acids is 1. The zero-order valence-electron chi connectivity index (χ0n) is 13.2. The molecule has 0 aliphatic rings. The molecule has 0 unspecified atom stereocenters. The van der Waals surface area contributed by atoms with E-state index < -0.39 is 22.8 Å². The molecule has 0 aliphatic heterocycles. The maximum Gasteiger partial charge on any atom is 0.341 e.